The van der Waals surface area contributed by atoms with Gasteiger partial charge in [0.05, 0.1) is 0 Å². The molecule has 0 aliphatic carbocycles. The number of hydrogen-bond donors (Lipinski definition) is 1. The molecule has 1 saturated heterocycles. The first-order valence-electron chi connectivity index (χ1n) is 9.29. The first-order chi connectivity index (χ1) is 11.1. The third kappa shape index (κ3) is 8.72. The minimum Gasteiger partial charge on any atom is -0.277 e. The quantitative estimate of drug-likeness (QED) is 0.409. The molecular weight excluding hydrogens is 292 g/mol. The zero-order valence-corrected chi connectivity index (χ0v) is 14.6. The summed E-state index contributed by atoms with van der Waals surface area (Å²) in [5.74, 6) is -0.868. The molecule has 0 atom stereocenters. The third-order valence-corrected chi connectivity index (χ3v) is 4.34. The van der Waals surface area contributed by atoms with Crippen molar-refractivity contribution in [3.05, 3.63) is 0 Å². The van der Waals surface area contributed by atoms with Crippen LogP contribution >= 0.6 is 0 Å². The molecule has 0 aromatic rings. The lowest BCUT2D eigenvalue weighted by Gasteiger charge is -2.24. The topological polar surface area (TPSA) is 66.5 Å². The lowest BCUT2D eigenvalue weighted by molar-refractivity contribution is -0.136. The van der Waals surface area contributed by atoms with Gasteiger partial charge in [-0.15, -0.1) is 0 Å². The van der Waals surface area contributed by atoms with Crippen LogP contribution in [-0.4, -0.2) is 29.3 Å². The fraction of sp³-hybridized carbons (Fsp3) is 0.833. The second-order valence-corrected chi connectivity index (χ2v) is 6.46. The largest absolute Gasteiger partial charge is 0.330 e. The van der Waals surface area contributed by atoms with Crippen LogP contribution in [0.5, 0.6) is 0 Å². The minimum atomic E-state index is -0.561. The molecule has 0 aromatic carbocycles. The summed E-state index contributed by atoms with van der Waals surface area (Å²) >= 11 is 0. The van der Waals surface area contributed by atoms with Gasteiger partial charge in [0.1, 0.15) is 6.42 Å². The Morgan fingerprint density at radius 2 is 1.26 bits per heavy atom. The number of nitrogens with zero attached hydrogens (tertiary/aromatic N) is 1. The van der Waals surface area contributed by atoms with E-state index in [-0.39, 0.29) is 12.3 Å². The van der Waals surface area contributed by atoms with Gasteiger partial charge in [0.2, 0.25) is 11.8 Å². The molecule has 4 amide bonds. The number of unbranched alkanes of at least 4 members (excludes halogenated alkanes) is 11. The predicted molar refractivity (Wildman–Crippen MR) is 90.9 cm³/mol. The Morgan fingerprint density at radius 1 is 0.783 bits per heavy atom. The maximum absolute atomic E-state index is 11.6. The molecule has 0 radical (unpaired) electrons. The highest BCUT2D eigenvalue weighted by atomic mass is 16.2. The van der Waals surface area contributed by atoms with Crippen molar-refractivity contribution in [3.8, 4) is 0 Å². The molecule has 0 unspecified atom stereocenters. The van der Waals surface area contributed by atoms with Crippen LogP contribution in [0.4, 0.5) is 4.79 Å². The predicted octanol–water partition coefficient (Wildman–Crippen LogP) is 4.16. The van der Waals surface area contributed by atoms with Crippen molar-refractivity contribution in [2.75, 3.05) is 6.54 Å². The maximum Gasteiger partial charge on any atom is 0.330 e. The average Bonchev–Trinajstić information content (AvgIpc) is 2.50. The van der Waals surface area contributed by atoms with E-state index in [0.29, 0.717) is 6.54 Å². The van der Waals surface area contributed by atoms with E-state index < -0.39 is 11.9 Å². The SMILES string of the molecule is CCCCCCCCCCCCCCN1C(=O)CC(=O)NC1=O. The van der Waals surface area contributed by atoms with Gasteiger partial charge in [0, 0.05) is 6.54 Å². The summed E-state index contributed by atoms with van der Waals surface area (Å²) < 4.78 is 0. The normalized spacial score (nSPS) is 15.2. The summed E-state index contributed by atoms with van der Waals surface area (Å²) in [6.45, 7) is 2.67. The van der Waals surface area contributed by atoms with E-state index in [0.717, 1.165) is 24.2 Å². The summed E-state index contributed by atoms with van der Waals surface area (Å²) in [7, 11) is 0. The van der Waals surface area contributed by atoms with Crippen LogP contribution in [0.1, 0.15) is 90.4 Å². The molecule has 0 bridgehead atoms. The number of hydrogen-bond acceptors (Lipinski definition) is 3. The van der Waals surface area contributed by atoms with Gasteiger partial charge in [-0.3, -0.25) is 19.8 Å². The standard InChI is InChI=1S/C18H32N2O3/c1-2-3-4-5-6-7-8-9-10-11-12-13-14-20-17(22)15-16(21)19-18(20)23/h2-15H2,1H3,(H,19,21,23). The van der Waals surface area contributed by atoms with Crippen molar-refractivity contribution in [2.45, 2.75) is 90.4 Å². The van der Waals surface area contributed by atoms with Gasteiger partial charge < -0.3 is 0 Å². The molecule has 0 aromatic heterocycles. The van der Waals surface area contributed by atoms with Crippen LogP contribution in [0.3, 0.4) is 0 Å². The number of imide groups is 2. The smallest absolute Gasteiger partial charge is 0.277 e. The second-order valence-electron chi connectivity index (χ2n) is 6.46. The molecule has 1 aliphatic rings. The summed E-state index contributed by atoms with van der Waals surface area (Å²) in [5.41, 5.74) is 0. The first-order valence-corrected chi connectivity index (χ1v) is 9.29. The van der Waals surface area contributed by atoms with Gasteiger partial charge in [0.15, 0.2) is 0 Å². The van der Waals surface area contributed by atoms with Gasteiger partial charge in [-0.2, -0.15) is 0 Å². The van der Waals surface area contributed by atoms with Crippen LogP contribution in [0, 0.1) is 0 Å². The van der Waals surface area contributed by atoms with E-state index in [1.165, 1.54) is 57.8 Å². The highest BCUT2D eigenvalue weighted by Crippen LogP contribution is 2.12. The molecule has 1 heterocycles. The highest BCUT2D eigenvalue weighted by Gasteiger charge is 2.29. The summed E-state index contributed by atoms with van der Waals surface area (Å²) in [5, 5.41) is 2.18. The Kier molecular flexibility index (Phi) is 10.3. The molecule has 0 saturated carbocycles. The zero-order chi connectivity index (χ0) is 16.9. The van der Waals surface area contributed by atoms with Crippen molar-refractivity contribution in [1.29, 1.82) is 0 Å². The number of carbonyl (C=O) groups is 3. The molecule has 5 nitrogen and oxygen atoms in total. The van der Waals surface area contributed by atoms with Crippen molar-refractivity contribution in [2.24, 2.45) is 0 Å². The maximum atomic E-state index is 11.6. The summed E-state index contributed by atoms with van der Waals surface area (Å²) in [4.78, 5) is 35.3. The minimum absolute atomic E-state index is 0.204. The molecule has 1 aliphatic heterocycles. The van der Waals surface area contributed by atoms with Crippen molar-refractivity contribution in [1.82, 2.24) is 10.2 Å². The van der Waals surface area contributed by atoms with Crippen molar-refractivity contribution in [3.63, 3.8) is 0 Å². The van der Waals surface area contributed by atoms with E-state index >= 15 is 0 Å². The number of nitrogens with one attached hydrogen (secondary N) is 1. The summed E-state index contributed by atoms with van der Waals surface area (Å²) in [6, 6.07) is -0.561. The van der Waals surface area contributed by atoms with Gasteiger partial charge in [0.25, 0.3) is 0 Å². The van der Waals surface area contributed by atoms with Crippen LogP contribution < -0.4 is 5.32 Å². The molecular formula is C18H32N2O3. The molecule has 1 fully saturated rings. The Labute approximate surface area is 140 Å². The van der Waals surface area contributed by atoms with Crippen molar-refractivity contribution < 1.29 is 14.4 Å². The van der Waals surface area contributed by atoms with E-state index in [1.54, 1.807) is 0 Å². The van der Waals surface area contributed by atoms with Gasteiger partial charge >= 0.3 is 6.03 Å². The fourth-order valence-electron chi connectivity index (χ4n) is 2.91. The van der Waals surface area contributed by atoms with Gasteiger partial charge in [-0.25, -0.2) is 4.79 Å². The zero-order valence-electron chi connectivity index (χ0n) is 14.6. The number of barbiturate groups is 1. The van der Waals surface area contributed by atoms with E-state index in [1.807, 2.05) is 0 Å². The lowest BCUT2D eigenvalue weighted by Crippen LogP contribution is -2.52. The second kappa shape index (κ2) is 12.1. The van der Waals surface area contributed by atoms with Gasteiger partial charge in [-0.1, -0.05) is 77.6 Å². The van der Waals surface area contributed by atoms with Crippen LogP contribution in [0.2, 0.25) is 0 Å². The highest BCUT2D eigenvalue weighted by molar-refractivity contribution is 6.14. The third-order valence-electron chi connectivity index (χ3n) is 4.34. The van der Waals surface area contributed by atoms with E-state index in [2.05, 4.69) is 12.2 Å². The fourth-order valence-corrected chi connectivity index (χ4v) is 2.91. The Morgan fingerprint density at radius 3 is 1.74 bits per heavy atom. The number of urea groups is 1. The Hall–Kier alpha value is -1.39. The van der Waals surface area contributed by atoms with Crippen LogP contribution in [-0.2, 0) is 9.59 Å². The van der Waals surface area contributed by atoms with Gasteiger partial charge in [-0.05, 0) is 6.42 Å². The molecule has 23 heavy (non-hydrogen) atoms. The molecule has 5 heteroatoms. The average molecular weight is 324 g/mol. The lowest BCUT2D eigenvalue weighted by atomic mass is 10.1. The first kappa shape index (κ1) is 19.7. The molecule has 1 rings (SSSR count). The monoisotopic (exact) mass is 324 g/mol. The van der Waals surface area contributed by atoms with Crippen molar-refractivity contribution >= 4 is 17.8 Å². The van der Waals surface area contributed by atoms with Crippen LogP contribution in [0.25, 0.3) is 0 Å². The number of rotatable bonds is 13. The molecule has 132 valence electrons. The van der Waals surface area contributed by atoms with E-state index in [9.17, 15) is 14.4 Å². The summed E-state index contributed by atoms with van der Waals surface area (Å²) in [6.07, 6.45) is 14.8. The van der Waals surface area contributed by atoms with Crippen LogP contribution in [0.15, 0.2) is 0 Å². The molecule has 1 N–H and O–H groups in total. The molecule has 0 spiro atoms. The number of carbonyl (C=O) groups excluding carboxylic acids is 3. The Bertz CT molecular complexity index is 362. The van der Waals surface area contributed by atoms with E-state index in [4.69, 9.17) is 0 Å². The Balaban J connectivity index is 1.91. The number of amides is 4.